The first-order valence-corrected chi connectivity index (χ1v) is 8.84. The number of fused-ring (bicyclic) bond motifs is 1. The second kappa shape index (κ2) is 3.84. The van der Waals surface area contributed by atoms with Gasteiger partial charge in [0, 0.05) is 13.1 Å². The molecule has 0 spiro atoms. The van der Waals surface area contributed by atoms with E-state index in [0.29, 0.717) is 0 Å². The molecule has 2 rings (SSSR count). The van der Waals surface area contributed by atoms with Gasteiger partial charge in [0.15, 0.2) is 0 Å². The van der Waals surface area contributed by atoms with E-state index in [0.717, 1.165) is 31.2 Å². The number of nitrogens with one attached hydrogen (secondary N) is 1. The van der Waals surface area contributed by atoms with Crippen LogP contribution in [0.3, 0.4) is 0 Å². The van der Waals surface area contributed by atoms with Crippen molar-refractivity contribution in [3.63, 3.8) is 0 Å². The van der Waals surface area contributed by atoms with E-state index in [-0.39, 0.29) is 0 Å². The van der Waals surface area contributed by atoms with Gasteiger partial charge in [-0.2, -0.15) is 0 Å². The van der Waals surface area contributed by atoms with Gasteiger partial charge >= 0.3 is 0 Å². The van der Waals surface area contributed by atoms with E-state index in [9.17, 15) is 0 Å². The minimum absolute atomic E-state index is 0.870. The quantitative estimate of drug-likeness (QED) is 0.525. The Morgan fingerprint density at radius 3 is 3.00 bits per heavy atom. The molecule has 0 aromatic carbocycles. The summed E-state index contributed by atoms with van der Waals surface area (Å²) in [6, 6.07) is 0. The molecule has 2 heterocycles. The standard InChI is InChI=1S/C11H17N3Si/c1-15(2,3)7-4-10-8-13-11-9-12-5-6-14(10)11/h8,12H,5-6,9H2,1-3H3. The molecule has 1 aliphatic heterocycles. The van der Waals surface area contributed by atoms with Crippen molar-refractivity contribution in [1.82, 2.24) is 14.9 Å². The number of hydrogen-bond acceptors (Lipinski definition) is 2. The lowest BCUT2D eigenvalue weighted by Gasteiger charge is -2.15. The van der Waals surface area contributed by atoms with Crippen LogP contribution >= 0.6 is 0 Å². The minimum Gasteiger partial charge on any atom is -0.319 e. The van der Waals surface area contributed by atoms with E-state index in [1.54, 1.807) is 0 Å². The normalized spacial score (nSPS) is 15.4. The molecule has 0 saturated heterocycles. The zero-order valence-corrected chi connectivity index (χ0v) is 10.6. The largest absolute Gasteiger partial charge is 0.319 e. The number of rotatable bonds is 0. The Morgan fingerprint density at radius 1 is 1.47 bits per heavy atom. The number of aromatic nitrogens is 2. The Hall–Kier alpha value is -1.05. The maximum Gasteiger partial charge on any atom is 0.129 e. The first-order chi connectivity index (χ1) is 7.06. The molecule has 0 unspecified atom stereocenters. The van der Waals surface area contributed by atoms with E-state index < -0.39 is 8.07 Å². The third-order valence-electron chi connectivity index (χ3n) is 2.30. The van der Waals surface area contributed by atoms with Crippen molar-refractivity contribution < 1.29 is 0 Å². The van der Waals surface area contributed by atoms with Crippen LogP contribution in [0.5, 0.6) is 0 Å². The first-order valence-electron chi connectivity index (χ1n) is 5.34. The predicted octanol–water partition coefficient (Wildman–Crippen LogP) is 1.22. The van der Waals surface area contributed by atoms with Gasteiger partial charge in [0.25, 0.3) is 0 Å². The Balaban J connectivity index is 2.29. The van der Waals surface area contributed by atoms with Crippen molar-refractivity contribution in [1.29, 1.82) is 0 Å². The summed E-state index contributed by atoms with van der Waals surface area (Å²) in [5, 5.41) is 3.30. The van der Waals surface area contributed by atoms with Gasteiger partial charge in [0.2, 0.25) is 0 Å². The molecule has 0 radical (unpaired) electrons. The van der Waals surface area contributed by atoms with Gasteiger partial charge in [-0.3, -0.25) is 0 Å². The zero-order chi connectivity index (χ0) is 10.9. The van der Waals surface area contributed by atoms with E-state index in [1.807, 2.05) is 6.20 Å². The van der Waals surface area contributed by atoms with Crippen molar-refractivity contribution in [2.24, 2.45) is 0 Å². The smallest absolute Gasteiger partial charge is 0.129 e. The third-order valence-corrected chi connectivity index (χ3v) is 3.17. The molecule has 1 aromatic heterocycles. The van der Waals surface area contributed by atoms with Gasteiger partial charge in [-0.1, -0.05) is 25.6 Å². The van der Waals surface area contributed by atoms with Crippen LogP contribution in [0.1, 0.15) is 11.5 Å². The number of nitrogens with zero attached hydrogens (tertiary/aromatic N) is 2. The second-order valence-electron chi connectivity index (χ2n) is 4.89. The summed E-state index contributed by atoms with van der Waals surface area (Å²) in [5.74, 6) is 4.39. The Morgan fingerprint density at radius 2 is 2.27 bits per heavy atom. The van der Waals surface area contributed by atoms with Gasteiger partial charge in [-0.25, -0.2) is 4.98 Å². The topological polar surface area (TPSA) is 29.9 Å². The minimum atomic E-state index is -1.28. The summed E-state index contributed by atoms with van der Waals surface area (Å²) in [7, 11) is -1.28. The molecule has 1 N–H and O–H groups in total. The monoisotopic (exact) mass is 219 g/mol. The SMILES string of the molecule is C[Si](C)(C)C#Cc1cnc2n1CCNC2. The zero-order valence-electron chi connectivity index (χ0n) is 9.59. The van der Waals surface area contributed by atoms with Crippen LogP contribution in [0.2, 0.25) is 19.6 Å². The molecule has 0 bridgehead atoms. The molecule has 0 aliphatic carbocycles. The Bertz CT molecular complexity index is 417. The highest BCUT2D eigenvalue weighted by Crippen LogP contribution is 2.08. The third kappa shape index (κ3) is 2.49. The summed E-state index contributed by atoms with van der Waals surface area (Å²) in [5.41, 5.74) is 4.46. The fourth-order valence-corrected chi connectivity index (χ4v) is 2.05. The molecular formula is C11H17N3Si. The highest BCUT2D eigenvalue weighted by Gasteiger charge is 2.13. The first kappa shape index (κ1) is 10.5. The molecule has 0 amide bonds. The van der Waals surface area contributed by atoms with Crippen LogP contribution < -0.4 is 5.32 Å². The summed E-state index contributed by atoms with van der Waals surface area (Å²) >= 11 is 0. The molecule has 4 heteroatoms. The van der Waals surface area contributed by atoms with E-state index in [1.165, 1.54) is 0 Å². The lowest BCUT2D eigenvalue weighted by Crippen LogP contribution is -2.28. The Kier molecular flexibility index (Phi) is 2.68. The molecule has 80 valence electrons. The molecule has 1 aliphatic rings. The highest BCUT2D eigenvalue weighted by molar-refractivity contribution is 6.83. The van der Waals surface area contributed by atoms with Crippen molar-refractivity contribution in [2.75, 3.05) is 6.54 Å². The lowest BCUT2D eigenvalue weighted by atomic mass is 10.4. The van der Waals surface area contributed by atoms with Crippen LogP contribution in [0.15, 0.2) is 6.20 Å². The summed E-state index contributed by atoms with van der Waals surface area (Å²) in [6.45, 7) is 9.66. The van der Waals surface area contributed by atoms with E-state index in [2.05, 4.69) is 46.0 Å². The lowest BCUT2D eigenvalue weighted by molar-refractivity contribution is 0.503. The van der Waals surface area contributed by atoms with Crippen molar-refractivity contribution in [2.45, 2.75) is 32.7 Å². The van der Waals surface area contributed by atoms with Gasteiger partial charge in [0.1, 0.15) is 19.6 Å². The number of hydrogen-bond donors (Lipinski definition) is 1. The maximum absolute atomic E-state index is 4.37. The average Bonchev–Trinajstić information content (AvgIpc) is 2.57. The predicted molar refractivity (Wildman–Crippen MR) is 64.2 cm³/mol. The summed E-state index contributed by atoms with van der Waals surface area (Å²) < 4.78 is 2.23. The maximum atomic E-state index is 4.37. The van der Waals surface area contributed by atoms with Crippen LogP contribution in [0.4, 0.5) is 0 Å². The van der Waals surface area contributed by atoms with E-state index in [4.69, 9.17) is 0 Å². The van der Waals surface area contributed by atoms with Gasteiger partial charge < -0.3 is 9.88 Å². The fraction of sp³-hybridized carbons (Fsp3) is 0.545. The van der Waals surface area contributed by atoms with Crippen LogP contribution in [-0.2, 0) is 13.1 Å². The number of imidazole rings is 1. The summed E-state index contributed by atoms with van der Waals surface area (Å²) in [6.07, 6.45) is 1.90. The van der Waals surface area contributed by atoms with Crippen LogP contribution in [-0.4, -0.2) is 24.2 Å². The van der Waals surface area contributed by atoms with Gasteiger partial charge in [-0.15, -0.1) is 5.54 Å². The summed E-state index contributed by atoms with van der Waals surface area (Å²) in [4.78, 5) is 4.37. The van der Waals surface area contributed by atoms with Gasteiger partial charge in [-0.05, 0) is 0 Å². The Labute approximate surface area is 91.9 Å². The second-order valence-corrected chi connectivity index (χ2v) is 9.64. The van der Waals surface area contributed by atoms with Gasteiger partial charge in [0.05, 0.1) is 12.7 Å². The molecule has 15 heavy (non-hydrogen) atoms. The molecule has 0 atom stereocenters. The molecule has 1 aromatic rings. The van der Waals surface area contributed by atoms with Crippen LogP contribution in [0.25, 0.3) is 0 Å². The van der Waals surface area contributed by atoms with Crippen molar-refractivity contribution in [3.8, 4) is 11.5 Å². The average molecular weight is 219 g/mol. The highest BCUT2D eigenvalue weighted by atomic mass is 28.3. The van der Waals surface area contributed by atoms with Crippen molar-refractivity contribution >= 4 is 8.07 Å². The molecular weight excluding hydrogens is 202 g/mol. The van der Waals surface area contributed by atoms with E-state index >= 15 is 0 Å². The van der Waals surface area contributed by atoms with Crippen molar-refractivity contribution in [3.05, 3.63) is 17.7 Å². The molecule has 3 nitrogen and oxygen atoms in total. The molecule has 0 fully saturated rings. The molecule has 0 saturated carbocycles. The fourth-order valence-electron chi connectivity index (χ4n) is 1.55. The van der Waals surface area contributed by atoms with Crippen LogP contribution in [0, 0.1) is 11.5 Å².